The van der Waals surface area contributed by atoms with Crippen molar-refractivity contribution < 1.29 is 14.6 Å². The van der Waals surface area contributed by atoms with Gasteiger partial charge in [-0.25, -0.2) is 4.79 Å². The van der Waals surface area contributed by atoms with Crippen molar-refractivity contribution in [2.45, 2.75) is 0 Å². The van der Waals surface area contributed by atoms with Crippen molar-refractivity contribution in [2.24, 2.45) is 0 Å². The summed E-state index contributed by atoms with van der Waals surface area (Å²) in [7, 11) is 0. The maximum atomic E-state index is 9.76. The summed E-state index contributed by atoms with van der Waals surface area (Å²) in [5.74, 6) is -0.0532. The standard InChI is InChI=1S/C3H3N3O3/c7-3(8)9-2-1-4-6-5-2/h1H,(H,7,8)(H,4,5,6). The maximum absolute atomic E-state index is 9.76. The van der Waals surface area contributed by atoms with E-state index in [1.165, 1.54) is 0 Å². The highest BCUT2D eigenvalue weighted by molar-refractivity contribution is 5.59. The second-order valence-corrected chi connectivity index (χ2v) is 1.18. The fourth-order valence-electron chi connectivity index (χ4n) is 0.330. The Morgan fingerprint density at radius 3 is 3.11 bits per heavy atom. The number of nitrogens with one attached hydrogen (secondary N) is 1. The van der Waals surface area contributed by atoms with E-state index in [-0.39, 0.29) is 5.88 Å². The molecule has 0 aliphatic carbocycles. The molecule has 9 heavy (non-hydrogen) atoms. The molecule has 1 heterocycles. The summed E-state index contributed by atoms with van der Waals surface area (Å²) in [5, 5.41) is 16.8. The summed E-state index contributed by atoms with van der Waals surface area (Å²) in [4.78, 5) is 9.76. The van der Waals surface area contributed by atoms with E-state index in [0.717, 1.165) is 6.20 Å². The number of ether oxygens (including phenoxy) is 1. The highest BCUT2D eigenvalue weighted by Crippen LogP contribution is 1.98. The van der Waals surface area contributed by atoms with Crippen LogP contribution in [-0.2, 0) is 0 Å². The first kappa shape index (κ1) is 5.54. The molecule has 0 saturated heterocycles. The number of rotatable bonds is 1. The zero-order valence-corrected chi connectivity index (χ0v) is 4.24. The molecule has 0 fully saturated rings. The first-order valence-corrected chi connectivity index (χ1v) is 2.05. The van der Waals surface area contributed by atoms with Crippen LogP contribution in [0.3, 0.4) is 0 Å². The quantitative estimate of drug-likeness (QED) is 0.515. The van der Waals surface area contributed by atoms with Gasteiger partial charge in [0, 0.05) is 0 Å². The predicted octanol–water partition coefficient (Wildman–Crippen LogP) is -0.139. The van der Waals surface area contributed by atoms with E-state index in [9.17, 15) is 4.79 Å². The highest BCUT2D eigenvalue weighted by atomic mass is 16.7. The van der Waals surface area contributed by atoms with Gasteiger partial charge in [-0.1, -0.05) is 0 Å². The second kappa shape index (κ2) is 2.12. The summed E-state index contributed by atoms with van der Waals surface area (Å²) in [6.45, 7) is 0. The Labute approximate surface area is 49.5 Å². The molecular weight excluding hydrogens is 126 g/mol. The van der Waals surface area contributed by atoms with Gasteiger partial charge in [0.25, 0.3) is 5.88 Å². The van der Waals surface area contributed by atoms with Crippen LogP contribution in [0.2, 0.25) is 0 Å². The van der Waals surface area contributed by atoms with Crippen LogP contribution in [-0.4, -0.2) is 26.7 Å². The number of hydrogen-bond donors (Lipinski definition) is 2. The molecule has 0 unspecified atom stereocenters. The normalized spacial score (nSPS) is 8.89. The second-order valence-electron chi connectivity index (χ2n) is 1.18. The lowest BCUT2D eigenvalue weighted by Crippen LogP contribution is -2.02. The van der Waals surface area contributed by atoms with Crippen LogP contribution in [0.15, 0.2) is 6.20 Å². The minimum absolute atomic E-state index is 0.0532. The van der Waals surface area contributed by atoms with E-state index in [1.54, 1.807) is 0 Å². The number of aromatic amines is 1. The zero-order chi connectivity index (χ0) is 6.69. The Morgan fingerprint density at radius 2 is 2.67 bits per heavy atom. The lowest BCUT2D eigenvalue weighted by Gasteiger charge is -1.87. The molecule has 0 atom stereocenters. The predicted molar refractivity (Wildman–Crippen MR) is 25.0 cm³/mol. The van der Waals surface area contributed by atoms with Crippen molar-refractivity contribution in [3.63, 3.8) is 0 Å². The molecule has 48 valence electrons. The van der Waals surface area contributed by atoms with Gasteiger partial charge in [0.05, 0.1) is 0 Å². The number of aromatic nitrogens is 3. The summed E-state index contributed by atoms with van der Waals surface area (Å²) in [6, 6.07) is 0. The Morgan fingerprint density at radius 1 is 1.89 bits per heavy atom. The minimum atomic E-state index is -1.40. The lowest BCUT2D eigenvalue weighted by molar-refractivity contribution is 0.142. The van der Waals surface area contributed by atoms with E-state index in [0.29, 0.717) is 0 Å². The number of carboxylic acid groups (broad SMARTS) is 1. The Kier molecular flexibility index (Phi) is 1.31. The van der Waals surface area contributed by atoms with Gasteiger partial charge >= 0.3 is 6.16 Å². The average Bonchev–Trinajstić information content (AvgIpc) is 2.15. The number of H-pyrrole nitrogens is 1. The molecule has 0 radical (unpaired) electrons. The fourth-order valence-corrected chi connectivity index (χ4v) is 0.330. The van der Waals surface area contributed by atoms with Crippen molar-refractivity contribution in [3.8, 4) is 5.88 Å². The van der Waals surface area contributed by atoms with Crippen LogP contribution >= 0.6 is 0 Å². The molecule has 1 rings (SSSR count). The topological polar surface area (TPSA) is 88.1 Å². The molecule has 0 spiro atoms. The average molecular weight is 129 g/mol. The summed E-state index contributed by atoms with van der Waals surface area (Å²) < 4.78 is 4.07. The Bertz CT molecular complexity index is 194. The SMILES string of the molecule is O=C(O)Oc1cn[nH]n1. The molecule has 0 aliphatic rings. The third-order valence-corrected chi connectivity index (χ3v) is 0.585. The summed E-state index contributed by atoms with van der Waals surface area (Å²) >= 11 is 0. The Balaban J connectivity index is 2.58. The molecule has 0 aromatic carbocycles. The van der Waals surface area contributed by atoms with Crippen molar-refractivity contribution in [1.29, 1.82) is 0 Å². The number of nitrogens with zero attached hydrogens (tertiary/aromatic N) is 2. The summed E-state index contributed by atoms with van der Waals surface area (Å²) in [6.07, 6.45) is -0.238. The molecule has 0 bridgehead atoms. The third-order valence-electron chi connectivity index (χ3n) is 0.585. The smallest absolute Gasteiger partial charge is 0.449 e. The van der Waals surface area contributed by atoms with Crippen molar-refractivity contribution >= 4 is 6.16 Å². The van der Waals surface area contributed by atoms with Crippen molar-refractivity contribution in [2.75, 3.05) is 0 Å². The number of carbonyl (C=O) groups is 1. The van der Waals surface area contributed by atoms with E-state index < -0.39 is 6.16 Å². The molecule has 6 nitrogen and oxygen atoms in total. The van der Waals surface area contributed by atoms with Crippen LogP contribution in [0.4, 0.5) is 4.79 Å². The van der Waals surface area contributed by atoms with E-state index >= 15 is 0 Å². The monoisotopic (exact) mass is 129 g/mol. The van der Waals surface area contributed by atoms with Gasteiger partial charge in [-0.05, 0) is 0 Å². The number of hydrogen-bond acceptors (Lipinski definition) is 4. The third kappa shape index (κ3) is 1.41. The van der Waals surface area contributed by atoms with Crippen LogP contribution < -0.4 is 4.74 Å². The van der Waals surface area contributed by atoms with Crippen LogP contribution in [0, 0.1) is 0 Å². The van der Waals surface area contributed by atoms with Gasteiger partial charge in [0.1, 0.15) is 6.20 Å². The highest BCUT2D eigenvalue weighted by Gasteiger charge is 2.00. The lowest BCUT2D eigenvalue weighted by atomic mass is 10.8. The van der Waals surface area contributed by atoms with Gasteiger partial charge in [-0.3, -0.25) is 0 Å². The van der Waals surface area contributed by atoms with E-state index in [4.69, 9.17) is 5.11 Å². The van der Waals surface area contributed by atoms with Crippen LogP contribution in [0.1, 0.15) is 0 Å². The molecule has 6 heteroatoms. The molecular formula is C3H3N3O3. The van der Waals surface area contributed by atoms with Crippen LogP contribution in [0.25, 0.3) is 0 Å². The van der Waals surface area contributed by atoms with Crippen molar-refractivity contribution in [3.05, 3.63) is 6.20 Å². The van der Waals surface area contributed by atoms with Gasteiger partial charge in [-0.15, -0.1) is 5.10 Å². The van der Waals surface area contributed by atoms with Crippen molar-refractivity contribution in [1.82, 2.24) is 15.4 Å². The van der Waals surface area contributed by atoms with Gasteiger partial charge in [-0.2, -0.15) is 10.3 Å². The maximum Gasteiger partial charge on any atom is 0.512 e. The van der Waals surface area contributed by atoms with E-state index in [1.807, 2.05) is 0 Å². The largest absolute Gasteiger partial charge is 0.512 e. The van der Waals surface area contributed by atoms with E-state index in [2.05, 4.69) is 20.1 Å². The first-order valence-electron chi connectivity index (χ1n) is 2.05. The molecule has 0 amide bonds. The zero-order valence-electron chi connectivity index (χ0n) is 4.24. The molecule has 0 aliphatic heterocycles. The van der Waals surface area contributed by atoms with Gasteiger partial charge in [0.15, 0.2) is 0 Å². The molecule has 1 aromatic rings. The van der Waals surface area contributed by atoms with Gasteiger partial charge in [0.2, 0.25) is 0 Å². The molecule has 2 N–H and O–H groups in total. The first-order chi connectivity index (χ1) is 4.29. The molecule has 1 aromatic heterocycles. The Hall–Kier alpha value is -1.59. The van der Waals surface area contributed by atoms with Crippen LogP contribution in [0.5, 0.6) is 5.88 Å². The minimum Gasteiger partial charge on any atom is -0.449 e. The van der Waals surface area contributed by atoms with Gasteiger partial charge < -0.3 is 9.84 Å². The summed E-state index contributed by atoms with van der Waals surface area (Å²) in [5.41, 5.74) is 0. The fraction of sp³-hybridized carbons (Fsp3) is 0. The molecule has 0 saturated carbocycles.